The maximum absolute atomic E-state index is 12.2. The van der Waals surface area contributed by atoms with Gasteiger partial charge in [0.25, 0.3) is 0 Å². The van der Waals surface area contributed by atoms with Crippen molar-refractivity contribution in [3.63, 3.8) is 0 Å². The molecule has 0 saturated carbocycles. The van der Waals surface area contributed by atoms with Gasteiger partial charge in [-0.2, -0.15) is 12.6 Å². The van der Waals surface area contributed by atoms with Gasteiger partial charge >= 0.3 is 0 Å². The van der Waals surface area contributed by atoms with Gasteiger partial charge in [-0.25, -0.2) is 0 Å². The molecule has 24 heteroatoms. The number of aliphatic hydroxyl groups is 2. The van der Waals surface area contributed by atoms with Crippen molar-refractivity contribution in [2.45, 2.75) is 286 Å². The Hall–Kier alpha value is -5.82. The average molecular weight is 1730 g/mol. The Bertz CT molecular complexity index is 3040. The molecule has 120 heavy (non-hydrogen) atoms. The number of carbonyl (C=O) groups excluding carboxylic acids is 11. The molecule has 0 bridgehead atoms. The fraction of sp³-hybridized carbons (Fsp3) is 0.823. The average Bonchev–Trinajstić information content (AvgIpc) is 0.850. The number of hydrogen-bond donors (Lipinski definition) is 3. The third kappa shape index (κ3) is 68.6. The predicted octanol–water partition coefficient (Wildman–Crippen LogP) is 16.4. The second-order valence-corrected chi connectivity index (χ2v) is 44.8. The molecule has 0 spiro atoms. The van der Waals surface area contributed by atoms with Crippen LogP contribution < -0.4 is 4.74 Å². The highest BCUT2D eigenvalue weighted by molar-refractivity contribution is 7.80. The van der Waals surface area contributed by atoms with Crippen LogP contribution in [0, 0.1) is 83.7 Å². The summed E-state index contributed by atoms with van der Waals surface area (Å²) in [5.74, 6) is 2.63. The summed E-state index contributed by atoms with van der Waals surface area (Å²) in [5.41, 5.74) is 0.501. The molecular formula is C96H191N9O14S. The third-order valence-electron chi connectivity index (χ3n) is 18.5. The number of Topliss-reactive ketones (excluding diaryl/α,β-unsaturated/α-hetero) is 4. The maximum atomic E-state index is 12.2. The van der Waals surface area contributed by atoms with Crippen LogP contribution in [0.15, 0.2) is 24.3 Å². The molecule has 710 valence electrons. The number of benzene rings is 1. The Labute approximate surface area is 743 Å². The summed E-state index contributed by atoms with van der Waals surface area (Å²) in [6.07, 6.45) is 3.16. The number of likely N-dealkylation sites (N-methyl/N-ethyl adjacent to an activating group) is 2. The molecule has 23 nitrogen and oxygen atoms in total. The van der Waals surface area contributed by atoms with E-state index in [0.717, 1.165) is 12.2 Å². The molecule has 1 rings (SSSR count). The summed E-state index contributed by atoms with van der Waals surface area (Å²) in [4.78, 5) is 141. The Kier molecular flexibility index (Phi) is 65.2. The fourth-order valence-electron chi connectivity index (χ4n) is 10.3. The minimum atomic E-state index is -0.602. The van der Waals surface area contributed by atoms with Crippen LogP contribution in [0.25, 0.3) is 0 Å². The molecular weight excluding hydrogens is 1540 g/mol. The first-order chi connectivity index (χ1) is 52.9. The lowest BCUT2D eigenvalue weighted by atomic mass is 9.77. The van der Waals surface area contributed by atoms with Crippen LogP contribution in [0.3, 0.4) is 0 Å². The summed E-state index contributed by atoms with van der Waals surface area (Å²) in [7, 11) is 33.7. The van der Waals surface area contributed by atoms with Gasteiger partial charge in [-0.3, -0.25) is 57.6 Å². The number of thiol groups is 1. The molecule has 0 aliphatic carbocycles. The van der Waals surface area contributed by atoms with Gasteiger partial charge in [0.05, 0.1) is 50.2 Å². The number of amides is 7. The second kappa shape index (κ2) is 59.1. The smallest absolute Gasteiger partial charge is 0.228 e. The van der Waals surface area contributed by atoms with Crippen LogP contribution >= 0.6 is 12.6 Å². The Morgan fingerprint density at radius 1 is 0.400 bits per heavy atom. The molecule has 1 aromatic carbocycles. The molecule has 0 aliphatic rings. The second-order valence-electron chi connectivity index (χ2n) is 44.5. The van der Waals surface area contributed by atoms with E-state index in [2.05, 4.69) is 87.1 Å². The van der Waals surface area contributed by atoms with Crippen LogP contribution in [-0.2, 0) is 59.2 Å². The number of hydrogen-bond acceptors (Lipinski definition) is 17. The van der Waals surface area contributed by atoms with Gasteiger partial charge in [0.2, 0.25) is 41.4 Å². The zero-order valence-corrected chi connectivity index (χ0v) is 88.4. The largest absolute Gasteiger partial charge is 0.497 e. The van der Waals surface area contributed by atoms with Crippen molar-refractivity contribution in [2.75, 3.05) is 153 Å². The first-order valence-corrected chi connectivity index (χ1v) is 43.0. The third-order valence-corrected chi connectivity index (χ3v) is 18.8. The molecule has 0 heterocycles. The van der Waals surface area contributed by atoms with E-state index in [0.29, 0.717) is 55.6 Å². The van der Waals surface area contributed by atoms with Gasteiger partial charge in [0.15, 0.2) is 11.6 Å². The SMILES string of the molecule is CC(=O)C(C)(C)C.CC(C)C(=O)C(C)(C)C.CC(O)C(C(=O)N(C)C)C(C)(C)C.CN(C)C(=O)C(CO)C(C)(C)C.CN(C)C(=O)C(CS)C(C)(C)C.CN(C)C(=O)CC(C)(C)C.CN(C)C(=O)CCC(C(=O)C(C)(C)C)N(C)C.CN(C)C(=O)CCC(C(=O)N(C)C)C(C)(C)C.CN(C)CC(=O)C(C)(C)C.COc1ccc(CC(C)(C)C)cc1. The van der Waals surface area contributed by atoms with Gasteiger partial charge in [-0.1, -0.05) is 234 Å². The predicted molar refractivity (Wildman–Crippen MR) is 508 cm³/mol. The number of methoxy groups -OCH3 is 1. The lowest BCUT2D eigenvalue weighted by molar-refractivity contribution is -0.141. The lowest BCUT2D eigenvalue weighted by Crippen LogP contribution is -2.43. The zero-order chi connectivity index (χ0) is 98.6. The fourth-order valence-corrected chi connectivity index (χ4v) is 11.0. The normalized spacial score (nSPS) is 13.2. The van der Waals surface area contributed by atoms with Crippen molar-refractivity contribution in [3.8, 4) is 5.75 Å². The minimum absolute atomic E-state index is 0.00308. The molecule has 0 aliphatic heterocycles. The van der Waals surface area contributed by atoms with Crippen molar-refractivity contribution < 1.29 is 67.7 Å². The first kappa shape index (κ1) is 132. The Balaban J connectivity index is -0.000000164. The number of ether oxygens (including phenoxy) is 1. The molecule has 0 aromatic heterocycles. The minimum Gasteiger partial charge on any atom is -0.497 e. The number of rotatable bonds is 21. The van der Waals surface area contributed by atoms with Crippen LogP contribution in [0.5, 0.6) is 5.75 Å². The number of ketones is 4. The van der Waals surface area contributed by atoms with E-state index in [1.165, 1.54) is 15.4 Å². The van der Waals surface area contributed by atoms with E-state index in [1.807, 2.05) is 209 Å². The van der Waals surface area contributed by atoms with E-state index >= 15 is 0 Å². The van der Waals surface area contributed by atoms with Gasteiger partial charge in [-0.15, -0.1) is 0 Å². The molecule has 0 saturated heterocycles. The van der Waals surface area contributed by atoms with Gasteiger partial charge in [-0.05, 0) is 111 Å². The number of aliphatic hydroxyl groups excluding tert-OH is 2. The highest BCUT2D eigenvalue weighted by Gasteiger charge is 2.38. The molecule has 0 radical (unpaired) electrons. The summed E-state index contributed by atoms with van der Waals surface area (Å²) >= 11 is 4.20. The van der Waals surface area contributed by atoms with Crippen molar-refractivity contribution in [3.05, 3.63) is 29.8 Å². The van der Waals surface area contributed by atoms with Crippen molar-refractivity contribution in [1.29, 1.82) is 0 Å². The highest BCUT2D eigenvalue weighted by Crippen LogP contribution is 2.34. The van der Waals surface area contributed by atoms with Crippen molar-refractivity contribution >= 4 is 77.1 Å². The Morgan fingerprint density at radius 3 is 0.875 bits per heavy atom. The summed E-state index contributed by atoms with van der Waals surface area (Å²) in [6.45, 7) is 67.8. The molecule has 6 unspecified atom stereocenters. The first-order valence-electron chi connectivity index (χ1n) is 42.3. The molecule has 6 atom stereocenters. The Morgan fingerprint density at radius 2 is 0.717 bits per heavy atom. The zero-order valence-electron chi connectivity index (χ0n) is 87.5. The van der Waals surface area contributed by atoms with E-state index in [9.17, 15) is 57.8 Å². The van der Waals surface area contributed by atoms with E-state index in [1.54, 1.807) is 144 Å². The topological polar surface area (TPSA) is 267 Å². The maximum Gasteiger partial charge on any atom is 0.228 e. The summed E-state index contributed by atoms with van der Waals surface area (Å²) in [5, 5.41) is 18.6. The van der Waals surface area contributed by atoms with Crippen LogP contribution in [0.1, 0.15) is 273 Å². The summed E-state index contributed by atoms with van der Waals surface area (Å²) in [6, 6.07) is 8.11. The standard InChI is InChI=1S/2C13H26N2O2.C12H18O.C10H21NO2.C9H19NO2.C9H19NOS.2C8H17NO.C8H16O.C6H12O/c1-13(2,3)12(17)10(14(4)5)8-9-11(16)15(6)7;1-13(2,3)10(12(17)15(6)7)8-9-11(16)14(4)5;1-12(2,3)9-10-5-7-11(13-4)8-6-10;1-7(12)8(10(2,3)4)9(13)11(5)6;1-9(2,3)7(6-11)8(12)10(4)5;1-9(2,3)7(6-12)8(11)10(4)5;1-8(2,3)7(10)6-9(4)5;1-8(2,3)6-7(10)9(4)5;1-6(2)7(9)8(3,4)5;1-5(7)6(2,3)4/h2*10H,8-9H2,1-7H3;5-8H,9H2,1-4H3;7-8,12H,1-6H3;7,11H,6H2,1-5H3;7,12H,6H2,1-5H3;2*6H2,1-5H3;6H,1-5H3;1-4H3. The quantitative estimate of drug-likeness (QED) is 0.0966. The molecule has 0 fully saturated rings. The van der Waals surface area contributed by atoms with Crippen LogP contribution in [0.4, 0.5) is 0 Å². The van der Waals surface area contributed by atoms with Crippen LogP contribution in [-0.4, -0.2) is 284 Å². The molecule has 1 aromatic rings. The van der Waals surface area contributed by atoms with E-state index < -0.39 is 6.10 Å². The van der Waals surface area contributed by atoms with Crippen molar-refractivity contribution in [1.82, 2.24) is 44.1 Å². The van der Waals surface area contributed by atoms with E-state index in [4.69, 9.17) is 9.84 Å². The monoisotopic (exact) mass is 1730 g/mol. The van der Waals surface area contributed by atoms with Crippen molar-refractivity contribution in [2.24, 2.45) is 83.7 Å². The van der Waals surface area contributed by atoms with Gasteiger partial charge < -0.3 is 54.1 Å². The number of carbonyl (C=O) groups is 11. The summed E-state index contributed by atoms with van der Waals surface area (Å²) < 4.78 is 5.10. The van der Waals surface area contributed by atoms with Gasteiger partial charge in [0.1, 0.15) is 17.3 Å². The molecule has 7 amide bonds. The van der Waals surface area contributed by atoms with E-state index in [-0.39, 0.29) is 150 Å². The number of nitrogens with zero attached hydrogens (tertiary/aromatic N) is 9. The molecule has 2 N–H and O–H groups in total. The highest BCUT2D eigenvalue weighted by atomic mass is 32.1. The van der Waals surface area contributed by atoms with Gasteiger partial charge in [0, 0.05) is 157 Å². The lowest BCUT2D eigenvalue weighted by Gasteiger charge is -2.33. The van der Waals surface area contributed by atoms with Crippen LogP contribution in [0.2, 0.25) is 0 Å².